The minimum absolute atomic E-state index is 0.194. The van der Waals surface area contributed by atoms with E-state index in [4.69, 9.17) is 19.9 Å². The van der Waals surface area contributed by atoms with Gasteiger partial charge in [-0.2, -0.15) is 0 Å². The van der Waals surface area contributed by atoms with Crippen molar-refractivity contribution in [2.45, 2.75) is 32.9 Å². The molecule has 1 aliphatic heterocycles. The maximum absolute atomic E-state index is 11.9. The van der Waals surface area contributed by atoms with Gasteiger partial charge in [-0.15, -0.1) is 0 Å². The molecule has 31 heavy (non-hydrogen) atoms. The summed E-state index contributed by atoms with van der Waals surface area (Å²) in [6.45, 7) is 3.76. The molecule has 1 heterocycles. The van der Waals surface area contributed by atoms with Gasteiger partial charge in [0.15, 0.2) is 0 Å². The number of carbonyl (C=O) groups is 1. The quantitative estimate of drug-likeness (QED) is 0.549. The Hall–Kier alpha value is -3.31. The summed E-state index contributed by atoms with van der Waals surface area (Å²) >= 11 is 0. The van der Waals surface area contributed by atoms with Crippen molar-refractivity contribution in [1.29, 1.82) is 0 Å². The first-order valence-corrected chi connectivity index (χ1v) is 10.6. The molecule has 0 saturated carbocycles. The summed E-state index contributed by atoms with van der Waals surface area (Å²) < 4.78 is 17.1. The largest absolute Gasteiger partial charge is 0.492 e. The van der Waals surface area contributed by atoms with Gasteiger partial charge in [0, 0.05) is 24.1 Å². The van der Waals surface area contributed by atoms with Gasteiger partial charge in [-0.05, 0) is 53.4 Å². The van der Waals surface area contributed by atoms with Crippen molar-refractivity contribution in [3.63, 3.8) is 0 Å². The predicted octanol–water partition coefficient (Wildman–Crippen LogP) is 4.43. The Morgan fingerprint density at radius 1 is 1.06 bits per heavy atom. The van der Waals surface area contributed by atoms with Gasteiger partial charge in [0.25, 0.3) is 0 Å². The van der Waals surface area contributed by atoms with Crippen LogP contribution in [0.3, 0.4) is 0 Å². The number of benzene rings is 3. The van der Waals surface area contributed by atoms with E-state index in [1.54, 1.807) is 6.92 Å². The Morgan fingerprint density at radius 3 is 2.77 bits per heavy atom. The number of para-hydroxylation sites is 1. The van der Waals surface area contributed by atoms with Gasteiger partial charge in [0.2, 0.25) is 0 Å². The molecule has 1 aliphatic rings. The maximum Gasteiger partial charge on any atom is 0.310 e. The van der Waals surface area contributed by atoms with E-state index in [0.29, 0.717) is 32.1 Å². The average molecular weight is 418 g/mol. The molecule has 0 amide bonds. The third kappa shape index (κ3) is 4.89. The van der Waals surface area contributed by atoms with Gasteiger partial charge >= 0.3 is 5.97 Å². The highest BCUT2D eigenvalue weighted by Gasteiger charge is 2.19. The second-order valence-electron chi connectivity index (χ2n) is 7.51. The lowest BCUT2D eigenvalue weighted by Crippen LogP contribution is -2.09. The van der Waals surface area contributed by atoms with Crippen molar-refractivity contribution in [1.82, 2.24) is 0 Å². The van der Waals surface area contributed by atoms with Crippen molar-refractivity contribution in [2.75, 3.05) is 13.2 Å². The van der Waals surface area contributed by atoms with Crippen LogP contribution in [0.5, 0.6) is 11.5 Å². The first kappa shape index (κ1) is 20.9. The highest BCUT2D eigenvalue weighted by Crippen LogP contribution is 2.38. The summed E-state index contributed by atoms with van der Waals surface area (Å²) in [6, 6.07) is 20.1. The van der Waals surface area contributed by atoms with Crippen molar-refractivity contribution in [2.24, 2.45) is 5.73 Å². The van der Waals surface area contributed by atoms with Crippen LogP contribution in [0, 0.1) is 0 Å². The zero-order chi connectivity index (χ0) is 21.6. The normalized spacial score (nSPS) is 12.2. The fraction of sp³-hybridized carbons (Fsp3) is 0.269. The number of carbonyl (C=O) groups excluding carboxylic acids is 1. The number of ether oxygens (including phenoxy) is 3. The minimum Gasteiger partial charge on any atom is -0.492 e. The zero-order valence-corrected chi connectivity index (χ0v) is 17.7. The van der Waals surface area contributed by atoms with Crippen LogP contribution in [0.2, 0.25) is 0 Å². The second kappa shape index (κ2) is 9.67. The molecule has 0 saturated heterocycles. The minimum atomic E-state index is -0.254. The molecular formula is C26H27NO4. The predicted molar refractivity (Wildman–Crippen MR) is 120 cm³/mol. The smallest absolute Gasteiger partial charge is 0.310 e. The summed E-state index contributed by atoms with van der Waals surface area (Å²) in [5.74, 6) is 1.38. The van der Waals surface area contributed by atoms with Gasteiger partial charge in [-0.3, -0.25) is 4.79 Å². The third-order valence-corrected chi connectivity index (χ3v) is 5.32. The average Bonchev–Trinajstić information content (AvgIpc) is 3.27. The summed E-state index contributed by atoms with van der Waals surface area (Å²) in [5, 5.41) is 0. The van der Waals surface area contributed by atoms with Crippen LogP contribution >= 0.6 is 0 Å². The third-order valence-electron chi connectivity index (χ3n) is 5.32. The van der Waals surface area contributed by atoms with E-state index in [-0.39, 0.29) is 12.4 Å². The van der Waals surface area contributed by atoms with E-state index in [0.717, 1.165) is 40.0 Å². The molecule has 0 radical (unpaired) electrons. The van der Waals surface area contributed by atoms with E-state index < -0.39 is 0 Å². The van der Waals surface area contributed by atoms with Crippen LogP contribution in [-0.4, -0.2) is 19.2 Å². The van der Waals surface area contributed by atoms with Gasteiger partial charge in [0.05, 0.1) is 19.6 Å². The Labute approximate surface area is 182 Å². The molecular weight excluding hydrogens is 390 g/mol. The van der Waals surface area contributed by atoms with Crippen molar-refractivity contribution >= 4 is 5.97 Å². The van der Waals surface area contributed by atoms with Crippen LogP contribution in [0.1, 0.15) is 29.2 Å². The monoisotopic (exact) mass is 417 g/mol. The molecule has 0 aliphatic carbocycles. The van der Waals surface area contributed by atoms with E-state index in [9.17, 15) is 4.79 Å². The number of fused-ring (bicyclic) bond motifs is 1. The van der Waals surface area contributed by atoms with E-state index >= 15 is 0 Å². The zero-order valence-electron chi connectivity index (χ0n) is 17.7. The number of esters is 1. The molecule has 0 unspecified atom stereocenters. The topological polar surface area (TPSA) is 70.8 Å². The Morgan fingerprint density at radius 2 is 1.94 bits per heavy atom. The molecule has 5 nitrogen and oxygen atoms in total. The molecule has 5 heteroatoms. The number of nitrogens with two attached hydrogens (primary N) is 1. The fourth-order valence-corrected chi connectivity index (χ4v) is 3.86. The molecule has 3 aromatic carbocycles. The molecule has 0 fully saturated rings. The molecule has 4 rings (SSSR count). The maximum atomic E-state index is 11.9. The van der Waals surface area contributed by atoms with Crippen LogP contribution < -0.4 is 15.2 Å². The van der Waals surface area contributed by atoms with Crippen LogP contribution in [-0.2, 0) is 35.5 Å². The Kier molecular flexibility index (Phi) is 6.53. The van der Waals surface area contributed by atoms with Gasteiger partial charge < -0.3 is 19.9 Å². The van der Waals surface area contributed by atoms with Crippen LogP contribution in [0.25, 0.3) is 11.1 Å². The van der Waals surface area contributed by atoms with Gasteiger partial charge in [-0.1, -0.05) is 36.4 Å². The van der Waals surface area contributed by atoms with E-state index in [1.807, 2.05) is 36.4 Å². The summed E-state index contributed by atoms with van der Waals surface area (Å²) in [4.78, 5) is 11.9. The van der Waals surface area contributed by atoms with Crippen molar-refractivity contribution in [3.8, 4) is 22.6 Å². The van der Waals surface area contributed by atoms with Crippen molar-refractivity contribution < 1.29 is 19.0 Å². The molecule has 0 aromatic heterocycles. The lowest BCUT2D eigenvalue weighted by molar-refractivity contribution is -0.142. The first-order chi connectivity index (χ1) is 15.2. The Bertz CT molecular complexity index is 1080. The highest BCUT2D eigenvalue weighted by molar-refractivity contribution is 5.75. The summed E-state index contributed by atoms with van der Waals surface area (Å²) in [7, 11) is 0. The van der Waals surface area contributed by atoms with Gasteiger partial charge in [-0.25, -0.2) is 0 Å². The molecule has 0 spiro atoms. The number of hydrogen-bond donors (Lipinski definition) is 1. The molecule has 160 valence electrons. The summed E-state index contributed by atoms with van der Waals surface area (Å²) in [6.07, 6.45) is 1.07. The summed E-state index contributed by atoms with van der Waals surface area (Å²) in [5.41, 5.74) is 12.1. The van der Waals surface area contributed by atoms with E-state index in [2.05, 4.69) is 24.3 Å². The van der Waals surface area contributed by atoms with Crippen molar-refractivity contribution in [3.05, 3.63) is 82.9 Å². The molecule has 0 atom stereocenters. The number of hydrogen-bond acceptors (Lipinski definition) is 5. The van der Waals surface area contributed by atoms with Gasteiger partial charge in [0.1, 0.15) is 18.1 Å². The second-order valence-corrected chi connectivity index (χ2v) is 7.51. The number of rotatable bonds is 8. The standard InChI is InChI=1S/C26H27NO4/c1-2-29-25(28)15-21-7-3-4-9-24(21)31-17-19-13-22-10-11-30-26(22)23(14-19)20-8-5-6-18(12-20)16-27/h3-9,12-14H,2,10-11,15-17,27H2,1H3. The van der Waals surface area contributed by atoms with Crippen LogP contribution in [0.15, 0.2) is 60.7 Å². The SMILES string of the molecule is CCOC(=O)Cc1ccccc1OCc1cc2c(c(-c3cccc(CN)c3)c1)OCC2. The van der Waals surface area contributed by atoms with Crippen LogP contribution in [0.4, 0.5) is 0 Å². The molecule has 0 bridgehead atoms. The van der Waals surface area contributed by atoms with E-state index in [1.165, 1.54) is 5.56 Å². The molecule has 3 aromatic rings. The molecule has 2 N–H and O–H groups in total. The first-order valence-electron chi connectivity index (χ1n) is 10.6. The highest BCUT2D eigenvalue weighted by atomic mass is 16.5. The Balaban J connectivity index is 1.59. The lowest BCUT2D eigenvalue weighted by atomic mass is 9.97. The fourth-order valence-electron chi connectivity index (χ4n) is 3.86. The lowest BCUT2D eigenvalue weighted by Gasteiger charge is -2.14.